The zero-order valence-corrected chi connectivity index (χ0v) is 9.34. The molecule has 0 spiro atoms. The summed E-state index contributed by atoms with van der Waals surface area (Å²) in [6, 6.07) is 3.45. The molecule has 5 heteroatoms. The molecule has 0 bridgehead atoms. The first kappa shape index (κ1) is 13.0. The second-order valence-electron chi connectivity index (χ2n) is 3.62. The molecule has 0 aliphatic rings. The summed E-state index contributed by atoms with van der Waals surface area (Å²) in [5.74, 6) is 4.19. The van der Waals surface area contributed by atoms with Crippen LogP contribution in [0, 0.1) is 11.6 Å². The van der Waals surface area contributed by atoms with Gasteiger partial charge in [0.2, 0.25) is 0 Å². The van der Waals surface area contributed by atoms with Crippen LogP contribution in [0.1, 0.15) is 12.5 Å². The Kier molecular flexibility index (Phi) is 4.79. The van der Waals surface area contributed by atoms with Gasteiger partial charge in [0.15, 0.2) is 0 Å². The molecule has 0 heterocycles. The zero-order chi connectivity index (χ0) is 12.1. The van der Waals surface area contributed by atoms with Crippen LogP contribution >= 0.6 is 0 Å². The molecule has 0 saturated carbocycles. The lowest BCUT2D eigenvalue weighted by atomic mass is 10.0. The van der Waals surface area contributed by atoms with Crippen LogP contribution in [0.3, 0.4) is 0 Å². The van der Waals surface area contributed by atoms with Crippen molar-refractivity contribution in [2.45, 2.75) is 25.5 Å². The van der Waals surface area contributed by atoms with E-state index in [-0.39, 0.29) is 24.1 Å². The van der Waals surface area contributed by atoms with Gasteiger partial charge in [-0.3, -0.25) is 11.3 Å². The quantitative estimate of drug-likeness (QED) is 0.593. The fraction of sp³-hybridized carbons (Fsp3) is 0.455. The van der Waals surface area contributed by atoms with Crippen molar-refractivity contribution in [3.05, 3.63) is 35.4 Å². The van der Waals surface area contributed by atoms with Crippen LogP contribution in [-0.4, -0.2) is 19.3 Å². The van der Waals surface area contributed by atoms with E-state index in [9.17, 15) is 8.78 Å². The molecule has 3 nitrogen and oxygen atoms in total. The Labute approximate surface area is 93.6 Å². The second kappa shape index (κ2) is 5.89. The van der Waals surface area contributed by atoms with E-state index in [1.54, 1.807) is 6.92 Å². The third-order valence-corrected chi connectivity index (χ3v) is 2.64. The molecular weight excluding hydrogens is 214 g/mol. The minimum Gasteiger partial charge on any atom is -0.380 e. The molecule has 0 aliphatic heterocycles. The first-order chi connectivity index (χ1) is 7.60. The summed E-state index contributed by atoms with van der Waals surface area (Å²) in [5, 5.41) is 0. The largest absolute Gasteiger partial charge is 0.380 e. The summed E-state index contributed by atoms with van der Waals surface area (Å²) in [6.45, 7) is 1.78. The number of methoxy groups -OCH3 is 1. The van der Waals surface area contributed by atoms with Crippen molar-refractivity contribution in [3.8, 4) is 0 Å². The Morgan fingerprint density at radius 3 is 2.38 bits per heavy atom. The molecule has 2 unspecified atom stereocenters. The monoisotopic (exact) mass is 230 g/mol. The van der Waals surface area contributed by atoms with Crippen LogP contribution in [-0.2, 0) is 11.2 Å². The van der Waals surface area contributed by atoms with Crippen LogP contribution in [0.15, 0.2) is 18.2 Å². The summed E-state index contributed by atoms with van der Waals surface area (Å²) in [4.78, 5) is 0. The van der Waals surface area contributed by atoms with Gasteiger partial charge in [-0.2, -0.15) is 0 Å². The molecule has 0 fully saturated rings. The fourth-order valence-corrected chi connectivity index (χ4v) is 1.47. The second-order valence-corrected chi connectivity index (χ2v) is 3.62. The van der Waals surface area contributed by atoms with E-state index in [1.165, 1.54) is 25.3 Å². The standard InChI is InChI=1S/C11H16F2N2O/c1-7(16-2)11(15-14)6-8-9(12)4-3-5-10(8)13/h3-5,7,11,15H,6,14H2,1-2H3. The van der Waals surface area contributed by atoms with Crippen LogP contribution < -0.4 is 11.3 Å². The summed E-state index contributed by atoms with van der Waals surface area (Å²) in [6.07, 6.45) is -0.0895. The van der Waals surface area contributed by atoms with E-state index in [2.05, 4.69) is 5.43 Å². The summed E-state index contributed by atoms with van der Waals surface area (Å²) < 4.78 is 31.8. The molecule has 90 valence electrons. The highest BCUT2D eigenvalue weighted by atomic mass is 19.1. The van der Waals surface area contributed by atoms with Crippen LogP contribution in [0.2, 0.25) is 0 Å². The normalized spacial score (nSPS) is 14.8. The van der Waals surface area contributed by atoms with Gasteiger partial charge in [-0.1, -0.05) is 6.07 Å². The highest BCUT2D eigenvalue weighted by molar-refractivity contribution is 5.21. The highest BCUT2D eigenvalue weighted by Gasteiger charge is 2.19. The number of nitrogens with two attached hydrogens (primary N) is 1. The Morgan fingerprint density at radius 2 is 1.94 bits per heavy atom. The summed E-state index contributed by atoms with van der Waals surface area (Å²) >= 11 is 0. The number of rotatable bonds is 5. The Hall–Kier alpha value is -1.04. The maximum Gasteiger partial charge on any atom is 0.129 e. The number of ether oxygens (including phenoxy) is 1. The van der Waals surface area contributed by atoms with E-state index in [0.29, 0.717) is 0 Å². The topological polar surface area (TPSA) is 47.3 Å². The number of nitrogens with one attached hydrogen (secondary N) is 1. The average Bonchev–Trinajstić information content (AvgIpc) is 2.28. The van der Waals surface area contributed by atoms with Crippen molar-refractivity contribution in [1.29, 1.82) is 0 Å². The summed E-state index contributed by atoms with van der Waals surface area (Å²) in [5.41, 5.74) is 2.52. The molecule has 1 aromatic rings. The molecule has 3 N–H and O–H groups in total. The number of hydrogen-bond acceptors (Lipinski definition) is 3. The molecule has 0 amide bonds. The van der Waals surface area contributed by atoms with Gasteiger partial charge in [-0.15, -0.1) is 0 Å². The number of hydrogen-bond donors (Lipinski definition) is 2. The van der Waals surface area contributed by atoms with E-state index >= 15 is 0 Å². The molecule has 0 aliphatic carbocycles. The zero-order valence-electron chi connectivity index (χ0n) is 9.34. The predicted octanol–water partition coefficient (Wildman–Crippen LogP) is 1.37. The van der Waals surface area contributed by atoms with Crippen molar-refractivity contribution < 1.29 is 13.5 Å². The van der Waals surface area contributed by atoms with Gasteiger partial charge in [-0.05, 0) is 25.5 Å². The molecule has 0 aromatic heterocycles. The smallest absolute Gasteiger partial charge is 0.129 e. The lowest BCUT2D eigenvalue weighted by Gasteiger charge is -2.22. The minimum absolute atomic E-state index is 0.0225. The first-order valence-electron chi connectivity index (χ1n) is 5.02. The molecule has 16 heavy (non-hydrogen) atoms. The van der Waals surface area contributed by atoms with Gasteiger partial charge < -0.3 is 4.74 Å². The van der Waals surface area contributed by atoms with E-state index in [0.717, 1.165) is 0 Å². The number of hydrazine groups is 1. The molecule has 0 radical (unpaired) electrons. The average molecular weight is 230 g/mol. The third kappa shape index (κ3) is 2.98. The lowest BCUT2D eigenvalue weighted by molar-refractivity contribution is 0.0825. The first-order valence-corrected chi connectivity index (χ1v) is 5.02. The van der Waals surface area contributed by atoms with E-state index in [4.69, 9.17) is 10.6 Å². The van der Waals surface area contributed by atoms with Crippen LogP contribution in [0.5, 0.6) is 0 Å². The van der Waals surface area contributed by atoms with Crippen LogP contribution in [0.25, 0.3) is 0 Å². The lowest BCUT2D eigenvalue weighted by Crippen LogP contribution is -2.45. The van der Waals surface area contributed by atoms with Gasteiger partial charge in [0, 0.05) is 12.7 Å². The maximum absolute atomic E-state index is 13.4. The van der Waals surface area contributed by atoms with E-state index in [1.807, 2.05) is 0 Å². The van der Waals surface area contributed by atoms with Gasteiger partial charge in [-0.25, -0.2) is 8.78 Å². The summed E-state index contributed by atoms with van der Waals surface area (Å²) in [7, 11) is 1.52. The van der Waals surface area contributed by atoms with Gasteiger partial charge in [0.1, 0.15) is 11.6 Å². The van der Waals surface area contributed by atoms with Crippen molar-refractivity contribution in [3.63, 3.8) is 0 Å². The van der Waals surface area contributed by atoms with Crippen molar-refractivity contribution in [1.82, 2.24) is 5.43 Å². The Bertz CT molecular complexity index is 327. The van der Waals surface area contributed by atoms with Crippen molar-refractivity contribution in [2.24, 2.45) is 5.84 Å². The molecule has 2 atom stereocenters. The van der Waals surface area contributed by atoms with Crippen LogP contribution in [0.4, 0.5) is 8.78 Å². The number of halogens is 2. The molecule has 0 saturated heterocycles. The maximum atomic E-state index is 13.4. The van der Waals surface area contributed by atoms with Crippen molar-refractivity contribution >= 4 is 0 Å². The number of benzene rings is 1. The van der Waals surface area contributed by atoms with E-state index < -0.39 is 11.6 Å². The van der Waals surface area contributed by atoms with Gasteiger partial charge in [0.25, 0.3) is 0 Å². The molecular formula is C11H16F2N2O. The minimum atomic E-state index is -0.566. The highest BCUT2D eigenvalue weighted by Crippen LogP contribution is 2.15. The fourth-order valence-electron chi connectivity index (χ4n) is 1.47. The Balaban J connectivity index is 2.85. The van der Waals surface area contributed by atoms with Crippen molar-refractivity contribution in [2.75, 3.05) is 7.11 Å². The van der Waals surface area contributed by atoms with Gasteiger partial charge in [0.05, 0.1) is 12.1 Å². The Morgan fingerprint density at radius 1 is 1.38 bits per heavy atom. The third-order valence-electron chi connectivity index (χ3n) is 2.64. The predicted molar refractivity (Wildman–Crippen MR) is 57.6 cm³/mol. The molecule has 1 aromatic carbocycles. The molecule has 1 rings (SSSR count). The van der Waals surface area contributed by atoms with Gasteiger partial charge >= 0.3 is 0 Å². The SMILES string of the molecule is COC(C)C(Cc1c(F)cccc1F)NN.